The molecule has 0 fully saturated rings. The van der Waals surface area contributed by atoms with E-state index in [2.05, 4.69) is 15.9 Å². The standard InChI is InChI=1S/C15H14BrClO2/c1-9-3-5-14(12(16)7-9)19-15-6-4-11(10(2)18)8-13(15)17/h3-8,10,18H,1-2H3/t10-/m1/s1. The quantitative estimate of drug-likeness (QED) is 0.825. The van der Waals surface area contributed by atoms with Gasteiger partial charge in [0, 0.05) is 0 Å². The monoisotopic (exact) mass is 340 g/mol. The molecular weight excluding hydrogens is 328 g/mol. The van der Waals surface area contributed by atoms with E-state index in [0.717, 1.165) is 15.6 Å². The number of ether oxygens (including phenoxy) is 1. The lowest BCUT2D eigenvalue weighted by molar-refractivity contribution is 0.199. The van der Waals surface area contributed by atoms with Crippen LogP contribution in [0.25, 0.3) is 0 Å². The molecule has 2 aromatic carbocycles. The van der Waals surface area contributed by atoms with Crippen LogP contribution in [0.1, 0.15) is 24.2 Å². The number of benzene rings is 2. The predicted octanol–water partition coefficient (Wildman–Crippen LogP) is 5.26. The molecule has 0 spiro atoms. The summed E-state index contributed by atoms with van der Waals surface area (Å²) >= 11 is 9.61. The topological polar surface area (TPSA) is 29.5 Å². The molecule has 0 heterocycles. The molecule has 0 aliphatic rings. The maximum absolute atomic E-state index is 9.50. The van der Waals surface area contributed by atoms with Gasteiger partial charge in [0.05, 0.1) is 15.6 Å². The number of hydrogen-bond acceptors (Lipinski definition) is 2. The Morgan fingerprint density at radius 1 is 1.16 bits per heavy atom. The summed E-state index contributed by atoms with van der Waals surface area (Å²) in [6.07, 6.45) is -0.544. The molecule has 0 bridgehead atoms. The van der Waals surface area contributed by atoms with Crippen LogP contribution in [-0.4, -0.2) is 5.11 Å². The van der Waals surface area contributed by atoms with Crippen LogP contribution in [0.15, 0.2) is 40.9 Å². The van der Waals surface area contributed by atoms with Crippen LogP contribution in [0, 0.1) is 6.92 Å². The van der Waals surface area contributed by atoms with Crippen molar-refractivity contribution < 1.29 is 9.84 Å². The number of rotatable bonds is 3. The van der Waals surface area contributed by atoms with Crippen molar-refractivity contribution in [2.75, 3.05) is 0 Å². The average Bonchev–Trinajstić information content (AvgIpc) is 2.34. The second-order valence-electron chi connectivity index (χ2n) is 4.40. The summed E-state index contributed by atoms with van der Waals surface area (Å²) in [7, 11) is 0. The molecule has 2 aromatic rings. The summed E-state index contributed by atoms with van der Waals surface area (Å²) in [5, 5.41) is 9.97. The number of aliphatic hydroxyl groups excluding tert-OH is 1. The average molecular weight is 342 g/mol. The van der Waals surface area contributed by atoms with E-state index in [-0.39, 0.29) is 0 Å². The lowest BCUT2D eigenvalue weighted by Crippen LogP contribution is -1.92. The third kappa shape index (κ3) is 3.50. The van der Waals surface area contributed by atoms with Crippen LogP contribution < -0.4 is 4.74 Å². The molecule has 0 amide bonds. The highest BCUT2D eigenvalue weighted by molar-refractivity contribution is 9.10. The number of aliphatic hydroxyl groups is 1. The number of aryl methyl sites for hydroxylation is 1. The van der Waals surface area contributed by atoms with E-state index in [1.165, 1.54) is 0 Å². The van der Waals surface area contributed by atoms with Gasteiger partial charge in [-0.05, 0) is 65.2 Å². The Morgan fingerprint density at radius 3 is 2.42 bits per heavy atom. The second kappa shape index (κ2) is 5.95. The zero-order valence-corrected chi connectivity index (χ0v) is 13.0. The minimum absolute atomic E-state index is 0.478. The lowest BCUT2D eigenvalue weighted by Gasteiger charge is -2.12. The fourth-order valence-corrected chi connectivity index (χ4v) is 2.47. The van der Waals surface area contributed by atoms with E-state index in [1.54, 1.807) is 25.1 Å². The van der Waals surface area contributed by atoms with Crippen molar-refractivity contribution in [2.24, 2.45) is 0 Å². The predicted molar refractivity (Wildman–Crippen MR) is 81.0 cm³/mol. The van der Waals surface area contributed by atoms with Crippen LogP contribution in [-0.2, 0) is 0 Å². The van der Waals surface area contributed by atoms with Gasteiger partial charge in [-0.2, -0.15) is 0 Å². The highest BCUT2D eigenvalue weighted by atomic mass is 79.9. The van der Waals surface area contributed by atoms with E-state index in [1.807, 2.05) is 25.1 Å². The van der Waals surface area contributed by atoms with Gasteiger partial charge in [0.25, 0.3) is 0 Å². The maximum atomic E-state index is 9.50. The van der Waals surface area contributed by atoms with E-state index in [0.29, 0.717) is 16.5 Å². The highest BCUT2D eigenvalue weighted by Crippen LogP contribution is 2.35. The Kier molecular flexibility index (Phi) is 4.50. The van der Waals surface area contributed by atoms with Crippen molar-refractivity contribution in [3.63, 3.8) is 0 Å². The van der Waals surface area contributed by atoms with Crippen LogP contribution in [0.2, 0.25) is 5.02 Å². The molecule has 1 atom stereocenters. The molecule has 19 heavy (non-hydrogen) atoms. The summed E-state index contributed by atoms with van der Waals surface area (Å²) < 4.78 is 6.65. The molecule has 2 nitrogen and oxygen atoms in total. The van der Waals surface area contributed by atoms with Crippen molar-refractivity contribution in [2.45, 2.75) is 20.0 Å². The van der Waals surface area contributed by atoms with E-state index in [4.69, 9.17) is 16.3 Å². The smallest absolute Gasteiger partial charge is 0.146 e. The molecule has 0 saturated carbocycles. The molecule has 1 N–H and O–H groups in total. The van der Waals surface area contributed by atoms with Gasteiger partial charge in [0.2, 0.25) is 0 Å². The van der Waals surface area contributed by atoms with Gasteiger partial charge in [0.1, 0.15) is 11.5 Å². The molecule has 0 radical (unpaired) electrons. The van der Waals surface area contributed by atoms with Crippen molar-refractivity contribution in [1.82, 2.24) is 0 Å². The molecule has 0 saturated heterocycles. The Hall–Kier alpha value is -1.03. The Morgan fingerprint density at radius 2 is 1.84 bits per heavy atom. The Labute approximate surface area is 126 Å². The first-order valence-electron chi connectivity index (χ1n) is 5.89. The van der Waals surface area contributed by atoms with Crippen LogP contribution >= 0.6 is 27.5 Å². The molecule has 0 aliphatic carbocycles. The molecule has 2 rings (SSSR count). The second-order valence-corrected chi connectivity index (χ2v) is 5.66. The van der Waals surface area contributed by atoms with Gasteiger partial charge in [-0.25, -0.2) is 0 Å². The van der Waals surface area contributed by atoms with Gasteiger partial charge < -0.3 is 9.84 Å². The Balaban J connectivity index is 2.28. The van der Waals surface area contributed by atoms with E-state index >= 15 is 0 Å². The van der Waals surface area contributed by atoms with Crippen molar-refractivity contribution in [3.05, 3.63) is 57.0 Å². The first-order chi connectivity index (χ1) is 8.97. The van der Waals surface area contributed by atoms with Gasteiger partial charge in [-0.1, -0.05) is 23.7 Å². The van der Waals surface area contributed by atoms with E-state index in [9.17, 15) is 5.11 Å². The molecule has 0 unspecified atom stereocenters. The first-order valence-corrected chi connectivity index (χ1v) is 7.06. The fourth-order valence-electron chi connectivity index (χ4n) is 1.67. The number of hydrogen-bond donors (Lipinski definition) is 1. The molecule has 4 heteroatoms. The SMILES string of the molecule is Cc1ccc(Oc2ccc([C@@H](C)O)cc2Cl)c(Br)c1. The summed E-state index contributed by atoms with van der Waals surface area (Å²) in [5.41, 5.74) is 1.91. The first kappa shape index (κ1) is 14.4. The minimum Gasteiger partial charge on any atom is -0.455 e. The van der Waals surface area contributed by atoms with Gasteiger partial charge >= 0.3 is 0 Å². The maximum Gasteiger partial charge on any atom is 0.146 e. The summed E-state index contributed by atoms with van der Waals surface area (Å²) in [5.74, 6) is 1.27. The highest BCUT2D eigenvalue weighted by Gasteiger charge is 2.09. The van der Waals surface area contributed by atoms with Crippen molar-refractivity contribution >= 4 is 27.5 Å². The van der Waals surface area contributed by atoms with Crippen LogP contribution in [0.5, 0.6) is 11.5 Å². The molecule has 100 valence electrons. The fraction of sp³-hybridized carbons (Fsp3) is 0.200. The summed E-state index contributed by atoms with van der Waals surface area (Å²) in [4.78, 5) is 0. The van der Waals surface area contributed by atoms with Gasteiger partial charge in [0.15, 0.2) is 0 Å². The van der Waals surface area contributed by atoms with Crippen LogP contribution in [0.3, 0.4) is 0 Å². The summed E-state index contributed by atoms with van der Waals surface area (Å²) in [6.45, 7) is 3.71. The van der Waals surface area contributed by atoms with Crippen LogP contribution in [0.4, 0.5) is 0 Å². The largest absolute Gasteiger partial charge is 0.455 e. The zero-order chi connectivity index (χ0) is 14.0. The van der Waals surface area contributed by atoms with Gasteiger partial charge in [-0.15, -0.1) is 0 Å². The van der Waals surface area contributed by atoms with Crippen molar-refractivity contribution in [1.29, 1.82) is 0 Å². The molecule has 0 aromatic heterocycles. The molecule has 0 aliphatic heterocycles. The normalized spacial score (nSPS) is 12.3. The molecular formula is C15H14BrClO2. The zero-order valence-electron chi connectivity index (χ0n) is 10.7. The third-order valence-corrected chi connectivity index (χ3v) is 3.66. The third-order valence-electron chi connectivity index (χ3n) is 2.75. The van der Waals surface area contributed by atoms with E-state index < -0.39 is 6.10 Å². The summed E-state index contributed by atoms with van der Waals surface area (Å²) in [6, 6.07) is 11.1. The van der Waals surface area contributed by atoms with Crippen molar-refractivity contribution in [3.8, 4) is 11.5 Å². The Bertz CT molecular complexity index is 597. The number of halogens is 2. The minimum atomic E-state index is -0.544. The van der Waals surface area contributed by atoms with Gasteiger partial charge in [-0.3, -0.25) is 0 Å². The lowest BCUT2D eigenvalue weighted by atomic mass is 10.1.